The monoisotopic (exact) mass is 296 g/mol. The summed E-state index contributed by atoms with van der Waals surface area (Å²) >= 11 is 0. The molecule has 2 N–H and O–H groups in total. The molecule has 110 valence electrons. The molecule has 0 saturated heterocycles. The lowest BCUT2D eigenvalue weighted by atomic mass is 10.3. The van der Waals surface area contributed by atoms with Gasteiger partial charge in [-0.05, 0) is 24.3 Å². The number of fused-ring (bicyclic) bond motifs is 1. The number of hydrogen-bond donors (Lipinski definition) is 2. The molecule has 7 nitrogen and oxygen atoms in total. The molecule has 0 aliphatic rings. The number of azo groups is 1. The lowest BCUT2D eigenvalue weighted by Crippen LogP contribution is -2.00. The molecule has 0 saturated carbocycles. The molecule has 0 aliphatic carbocycles. The summed E-state index contributed by atoms with van der Waals surface area (Å²) in [5.41, 5.74) is 1.40. The fraction of sp³-hybridized carbons (Fsp3) is 0.0667. The lowest BCUT2D eigenvalue weighted by molar-refractivity contribution is -0.136. The van der Waals surface area contributed by atoms with Crippen molar-refractivity contribution in [3.05, 3.63) is 54.4 Å². The Hall–Kier alpha value is -3.22. The highest BCUT2D eigenvalue weighted by Gasteiger charge is 2.14. The summed E-state index contributed by atoms with van der Waals surface area (Å²) in [4.78, 5) is 15.2. The summed E-state index contributed by atoms with van der Waals surface area (Å²) in [5, 5.41) is 26.6. The van der Waals surface area contributed by atoms with E-state index in [1.807, 2.05) is 6.07 Å². The van der Waals surface area contributed by atoms with Gasteiger partial charge in [0.1, 0.15) is 11.4 Å². The van der Waals surface area contributed by atoms with E-state index in [0.717, 1.165) is 0 Å². The van der Waals surface area contributed by atoms with Gasteiger partial charge in [-0.25, -0.2) is 4.98 Å². The third-order valence-corrected chi connectivity index (χ3v) is 2.98. The number of hydrogen-bond acceptors (Lipinski definition) is 5. The Kier molecular flexibility index (Phi) is 3.53. The number of aromatic hydroxyl groups is 1. The van der Waals surface area contributed by atoms with Gasteiger partial charge in [-0.2, -0.15) is 0 Å². The fourth-order valence-corrected chi connectivity index (χ4v) is 2.06. The molecule has 0 bridgehead atoms. The molecular weight excluding hydrogens is 284 g/mol. The number of rotatable bonds is 4. The van der Waals surface area contributed by atoms with E-state index in [9.17, 15) is 9.90 Å². The molecule has 3 rings (SSSR count). The molecular formula is C15H12N4O3. The van der Waals surface area contributed by atoms with Crippen molar-refractivity contribution < 1.29 is 15.0 Å². The van der Waals surface area contributed by atoms with Crippen LogP contribution in [0.4, 0.5) is 11.5 Å². The van der Waals surface area contributed by atoms with E-state index in [1.165, 1.54) is 12.1 Å². The molecule has 3 aromatic rings. The van der Waals surface area contributed by atoms with Crippen LogP contribution in [0, 0.1) is 0 Å². The number of phenols is 1. The number of pyridine rings is 1. The Morgan fingerprint density at radius 2 is 2.05 bits per heavy atom. The Morgan fingerprint density at radius 1 is 1.18 bits per heavy atom. The molecule has 0 radical (unpaired) electrons. The van der Waals surface area contributed by atoms with E-state index in [-0.39, 0.29) is 12.2 Å². The number of aromatic nitrogens is 2. The van der Waals surface area contributed by atoms with E-state index >= 15 is 0 Å². The molecule has 0 amide bonds. The van der Waals surface area contributed by atoms with Crippen molar-refractivity contribution in [1.29, 1.82) is 0 Å². The third kappa shape index (κ3) is 2.78. The maximum Gasteiger partial charge on any atom is 0.309 e. The SMILES string of the molecule is O=C(O)Cc1nc2ccccn2c1N=Nc1cccc(O)c1. The van der Waals surface area contributed by atoms with E-state index in [0.29, 0.717) is 22.8 Å². The van der Waals surface area contributed by atoms with Crippen LogP contribution in [0.25, 0.3) is 5.65 Å². The van der Waals surface area contributed by atoms with Crippen molar-refractivity contribution in [1.82, 2.24) is 9.38 Å². The Morgan fingerprint density at radius 3 is 2.82 bits per heavy atom. The van der Waals surface area contributed by atoms with Crippen LogP contribution in [0.1, 0.15) is 5.69 Å². The molecule has 7 heteroatoms. The maximum absolute atomic E-state index is 11.0. The van der Waals surface area contributed by atoms with E-state index in [2.05, 4.69) is 15.2 Å². The summed E-state index contributed by atoms with van der Waals surface area (Å²) in [5.74, 6) is -0.543. The Balaban J connectivity index is 2.06. The van der Waals surface area contributed by atoms with Crippen LogP contribution in [-0.4, -0.2) is 25.6 Å². The highest BCUT2D eigenvalue weighted by molar-refractivity contribution is 5.72. The Labute approximate surface area is 125 Å². The quantitative estimate of drug-likeness (QED) is 0.722. The van der Waals surface area contributed by atoms with Crippen LogP contribution < -0.4 is 0 Å². The first-order valence-electron chi connectivity index (χ1n) is 6.52. The van der Waals surface area contributed by atoms with Gasteiger partial charge in [0.25, 0.3) is 0 Å². The second kappa shape index (κ2) is 5.65. The predicted molar refractivity (Wildman–Crippen MR) is 78.8 cm³/mol. The second-order valence-corrected chi connectivity index (χ2v) is 4.60. The number of carboxylic acid groups (broad SMARTS) is 1. The van der Waals surface area contributed by atoms with E-state index in [4.69, 9.17) is 5.11 Å². The van der Waals surface area contributed by atoms with Crippen molar-refractivity contribution >= 4 is 23.1 Å². The molecule has 0 spiro atoms. The molecule has 0 aliphatic heterocycles. The molecule has 0 unspecified atom stereocenters. The highest BCUT2D eigenvalue weighted by Crippen LogP contribution is 2.25. The smallest absolute Gasteiger partial charge is 0.309 e. The average Bonchev–Trinajstić information content (AvgIpc) is 2.81. The zero-order valence-electron chi connectivity index (χ0n) is 11.4. The van der Waals surface area contributed by atoms with Crippen LogP contribution in [0.15, 0.2) is 58.9 Å². The van der Waals surface area contributed by atoms with E-state index in [1.54, 1.807) is 34.9 Å². The van der Waals surface area contributed by atoms with E-state index < -0.39 is 5.97 Å². The summed E-state index contributed by atoms with van der Waals surface area (Å²) < 4.78 is 1.67. The molecule has 2 heterocycles. The molecule has 22 heavy (non-hydrogen) atoms. The number of carboxylic acids is 1. The fourth-order valence-electron chi connectivity index (χ4n) is 2.06. The zero-order chi connectivity index (χ0) is 15.5. The molecule has 0 fully saturated rings. The zero-order valence-corrected chi connectivity index (χ0v) is 11.4. The summed E-state index contributed by atoms with van der Waals surface area (Å²) in [7, 11) is 0. The van der Waals surface area contributed by atoms with Crippen molar-refractivity contribution in [2.24, 2.45) is 10.2 Å². The number of phenolic OH excluding ortho intramolecular Hbond substituents is 1. The molecule has 1 aromatic carbocycles. The van der Waals surface area contributed by atoms with Gasteiger partial charge in [0, 0.05) is 12.3 Å². The standard InChI is InChI=1S/C15H12N4O3/c20-11-5-3-4-10(8-11)17-18-15-12(9-14(21)22)16-13-6-1-2-7-19(13)15/h1-8,20H,9H2,(H,21,22). The van der Waals surface area contributed by atoms with Gasteiger partial charge in [-0.3, -0.25) is 9.20 Å². The number of imidazole rings is 1. The van der Waals surface area contributed by atoms with Crippen LogP contribution >= 0.6 is 0 Å². The first-order valence-corrected chi connectivity index (χ1v) is 6.52. The van der Waals surface area contributed by atoms with Crippen LogP contribution in [-0.2, 0) is 11.2 Å². The number of benzene rings is 1. The molecule has 0 atom stereocenters. The third-order valence-electron chi connectivity index (χ3n) is 2.98. The van der Waals surface area contributed by atoms with Gasteiger partial charge >= 0.3 is 5.97 Å². The molecule has 2 aromatic heterocycles. The lowest BCUT2D eigenvalue weighted by Gasteiger charge is -1.97. The Bertz CT molecular complexity index is 870. The number of carbonyl (C=O) groups is 1. The minimum absolute atomic E-state index is 0.0837. The summed E-state index contributed by atoms with van der Waals surface area (Å²) in [6, 6.07) is 11.7. The van der Waals surface area contributed by atoms with Gasteiger partial charge in [0.05, 0.1) is 17.8 Å². The minimum atomic E-state index is -0.989. The van der Waals surface area contributed by atoms with Crippen LogP contribution in [0.3, 0.4) is 0 Å². The first-order chi connectivity index (χ1) is 10.6. The van der Waals surface area contributed by atoms with Crippen molar-refractivity contribution in [3.63, 3.8) is 0 Å². The van der Waals surface area contributed by atoms with Gasteiger partial charge in [0.15, 0.2) is 5.82 Å². The van der Waals surface area contributed by atoms with Gasteiger partial charge in [0.2, 0.25) is 0 Å². The normalized spacial score (nSPS) is 11.3. The van der Waals surface area contributed by atoms with Crippen LogP contribution in [0.5, 0.6) is 5.75 Å². The van der Waals surface area contributed by atoms with Crippen molar-refractivity contribution in [2.75, 3.05) is 0 Å². The van der Waals surface area contributed by atoms with Crippen molar-refractivity contribution in [3.8, 4) is 5.75 Å². The minimum Gasteiger partial charge on any atom is -0.508 e. The van der Waals surface area contributed by atoms with Gasteiger partial charge in [-0.15, -0.1) is 10.2 Å². The number of nitrogens with zero attached hydrogens (tertiary/aromatic N) is 4. The largest absolute Gasteiger partial charge is 0.508 e. The summed E-state index contributed by atoms with van der Waals surface area (Å²) in [6.45, 7) is 0. The van der Waals surface area contributed by atoms with Gasteiger partial charge in [-0.1, -0.05) is 12.1 Å². The second-order valence-electron chi connectivity index (χ2n) is 4.60. The van der Waals surface area contributed by atoms with Crippen LogP contribution in [0.2, 0.25) is 0 Å². The van der Waals surface area contributed by atoms with Gasteiger partial charge < -0.3 is 10.2 Å². The summed E-state index contributed by atoms with van der Waals surface area (Å²) in [6.07, 6.45) is 1.50. The first kappa shape index (κ1) is 13.7. The van der Waals surface area contributed by atoms with Crippen molar-refractivity contribution in [2.45, 2.75) is 6.42 Å². The maximum atomic E-state index is 11.0. The number of aliphatic carboxylic acids is 1. The predicted octanol–water partition coefficient (Wildman–Crippen LogP) is 3.08. The highest BCUT2D eigenvalue weighted by atomic mass is 16.4. The average molecular weight is 296 g/mol. The topological polar surface area (TPSA) is 99.5 Å².